The summed E-state index contributed by atoms with van der Waals surface area (Å²) in [5.41, 5.74) is 2.92. The quantitative estimate of drug-likeness (QED) is 0.756. The van der Waals surface area contributed by atoms with Gasteiger partial charge in [-0.05, 0) is 36.5 Å². The van der Waals surface area contributed by atoms with Crippen molar-refractivity contribution in [3.63, 3.8) is 0 Å². The molecule has 1 aromatic carbocycles. The van der Waals surface area contributed by atoms with E-state index in [0.29, 0.717) is 12.8 Å². The van der Waals surface area contributed by atoms with Crippen LogP contribution in [0.15, 0.2) is 18.2 Å². The van der Waals surface area contributed by atoms with Gasteiger partial charge in [0.25, 0.3) is 0 Å². The van der Waals surface area contributed by atoms with Gasteiger partial charge in [-0.3, -0.25) is 4.79 Å². The summed E-state index contributed by atoms with van der Waals surface area (Å²) in [6.45, 7) is 9.84. The molecule has 0 aliphatic heterocycles. The van der Waals surface area contributed by atoms with Gasteiger partial charge in [0.1, 0.15) is 5.78 Å². The van der Waals surface area contributed by atoms with Gasteiger partial charge >= 0.3 is 0 Å². The molecule has 0 aliphatic rings. The Morgan fingerprint density at radius 2 is 1.72 bits per heavy atom. The Bertz CT molecular complexity index is 464. The molecule has 98 valence electrons. The van der Waals surface area contributed by atoms with E-state index in [9.17, 15) is 9.59 Å². The first-order valence-electron chi connectivity index (χ1n) is 6.35. The van der Waals surface area contributed by atoms with Crippen LogP contribution in [0.2, 0.25) is 0 Å². The lowest BCUT2D eigenvalue weighted by atomic mass is 9.84. The van der Waals surface area contributed by atoms with Crippen LogP contribution in [0, 0.1) is 6.92 Å². The van der Waals surface area contributed by atoms with E-state index >= 15 is 0 Å². The van der Waals surface area contributed by atoms with Crippen molar-refractivity contribution < 1.29 is 9.59 Å². The van der Waals surface area contributed by atoms with Crippen LogP contribution < -0.4 is 0 Å². The molecule has 0 radical (unpaired) electrons. The van der Waals surface area contributed by atoms with Crippen molar-refractivity contribution in [3.05, 3.63) is 34.9 Å². The Kier molecular flexibility index (Phi) is 4.44. The molecule has 0 saturated carbocycles. The molecule has 0 aliphatic carbocycles. The minimum atomic E-state index is 0.0311. The fourth-order valence-corrected chi connectivity index (χ4v) is 1.81. The average Bonchev–Trinajstić information content (AvgIpc) is 2.24. The highest BCUT2D eigenvalue weighted by atomic mass is 16.1. The molecule has 2 nitrogen and oxygen atoms in total. The summed E-state index contributed by atoms with van der Waals surface area (Å²) < 4.78 is 0. The zero-order valence-electron chi connectivity index (χ0n) is 12.0. The van der Waals surface area contributed by atoms with Gasteiger partial charge in [0.2, 0.25) is 0 Å². The molecule has 0 amide bonds. The van der Waals surface area contributed by atoms with E-state index in [1.807, 2.05) is 19.1 Å². The number of rotatable bonds is 4. The molecule has 0 saturated heterocycles. The first-order valence-corrected chi connectivity index (χ1v) is 6.35. The first kappa shape index (κ1) is 14.6. The predicted octanol–water partition coefficient (Wildman–Crippen LogP) is 3.84. The molecule has 0 unspecified atom stereocenters. The van der Waals surface area contributed by atoms with E-state index in [1.54, 1.807) is 0 Å². The number of hydrogen-bond donors (Lipinski definition) is 0. The summed E-state index contributed by atoms with van der Waals surface area (Å²) in [7, 11) is 0. The topological polar surface area (TPSA) is 34.1 Å². The highest BCUT2D eigenvalue weighted by Gasteiger charge is 2.17. The fourth-order valence-electron chi connectivity index (χ4n) is 1.81. The van der Waals surface area contributed by atoms with Crippen molar-refractivity contribution in [2.75, 3.05) is 0 Å². The third kappa shape index (κ3) is 3.80. The van der Waals surface area contributed by atoms with Crippen LogP contribution in [-0.4, -0.2) is 11.6 Å². The van der Waals surface area contributed by atoms with Crippen LogP contribution in [-0.2, 0) is 10.2 Å². The van der Waals surface area contributed by atoms with Crippen molar-refractivity contribution in [1.29, 1.82) is 0 Å². The van der Waals surface area contributed by atoms with Gasteiger partial charge in [0.15, 0.2) is 5.78 Å². The maximum absolute atomic E-state index is 12.1. The van der Waals surface area contributed by atoms with Crippen LogP contribution in [0.4, 0.5) is 0 Å². The molecule has 0 aromatic heterocycles. The van der Waals surface area contributed by atoms with Crippen LogP contribution in [0.25, 0.3) is 0 Å². The summed E-state index contributed by atoms with van der Waals surface area (Å²) in [6.07, 6.45) is 0.641. The predicted molar refractivity (Wildman–Crippen MR) is 74.1 cm³/mol. The highest BCUT2D eigenvalue weighted by Crippen LogP contribution is 2.25. The van der Waals surface area contributed by atoms with Crippen molar-refractivity contribution in [1.82, 2.24) is 0 Å². The Morgan fingerprint density at radius 1 is 1.11 bits per heavy atom. The SMILES string of the molecule is CC(=O)CCC(=O)c1cc(C(C)(C)C)ccc1C. The Labute approximate surface area is 109 Å². The van der Waals surface area contributed by atoms with Crippen molar-refractivity contribution in [2.24, 2.45) is 0 Å². The number of carbonyl (C=O) groups is 2. The molecule has 0 N–H and O–H groups in total. The Morgan fingerprint density at radius 3 is 2.22 bits per heavy atom. The second kappa shape index (κ2) is 5.47. The summed E-state index contributed by atoms with van der Waals surface area (Å²) in [4.78, 5) is 23.0. The van der Waals surface area contributed by atoms with E-state index in [1.165, 1.54) is 6.92 Å². The second-order valence-electron chi connectivity index (χ2n) is 5.90. The lowest BCUT2D eigenvalue weighted by Gasteiger charge is -2.20. The molecule has 1 aromatic rings. The Balaban J connectivity index is 3.01. The smallest absolute Gasteiger partial charge is 0.163 e. The van der Waals surface area contributed by atoms with E-state index in [0.717, 1.165) is 16.7 Å². The lowest BCUT2D eigenvalue weighted by Crippen LogP contribution is -2.13. The van der Waals surface area contributed by atoms with Gasteiger partial charge in [-0.1, -0.05) is 32.9 Å². The summed E-state index contributed by atoms with van der Waals surface area (Å²) in [6, 6.07) is 6.02. The minimum Gasteiger partial charge on any atom is -0.300 e. The zero-order chi connectivity index (χ0) is 13.9. The molecule has 0 bridgehead atoms. The van der Waals surface area contributed by atoms with Gasteiger partial charge < -0.3 is 4.79 Å². The van der Waals surface area contributed by atoms with Crippen LogP contribution in [0.3, 0.4) is 0 Å². The molecule has 1 rings (SSSR count). The number of Topliss-reactive ketones (excluding diaryl/α,β-unsaturated/α-hetero) is 2. The zero-order valence-corrected chi connectivity index (χ0v) is 12.0. The third-order valence-corrected chi connectivity index (χ3v) is 3.11. The molecule has 0 heterocycles. The molecule has 0 atom stereocenters. The molecule has 2 heteroatoms. The largest absolute Gasteiger partial charge is 0.300 e. The van der Waals surface area contributed by atoms with Gasteiger partial charge in [0, 0.05) is 18.4 Å². The van der Waals surface area contributed by atoms with Gasteiger partial charge in [0.05, 0.1) is 0 Å². The van der Waals surface area contributed by atoms with E-state index < -0.39 is 0 Å². The van der Waals surface area contributed by atoms with Crippen LogP contribution >= 0.6 is 0 Å². The monoisotopic (exact) mass is 246 g/mol. The number of hydrogen-bond acceptors (Lipinski definition) is 2. The third-order valence-electron chi connectivity index (χ3n) is 3.11. The summed E-state index contributed by atoms with van der Waals surface area (Å²) in [5.74, 6) is 0.127. The molecule has 0 fully saturated rings. The number of carbonyl (C=O) groups excluding carboxylic acids is 2. The molecular formula is C16H22O2. The normalized spacial score (nSPS) is 11.4. The van der Waals surface area contributed by atoms with E-state index in [4.69, 9.17) is 0 Å². The summed E-state index contributed by atoms with van der Waals surface area (Å²) >= 11 is 0. The number of benzene rings is 1. The summed E-state index contributed by atoms with van der Waals surface area (Å²) in [5, 5.41) is 0. The van der Waals surface area contributed by atoms with Gasteiger partial charge in [-0.15, -0.1) is 0 Å². The van der Waals surface area contributed by atoms with Crippen molar-refractivity contribution in [3.8, 4) is 0 Å². The van der Waals surface area contributed by atoms with Gasteiger partial charge in [-0.25, -0.2) is 0 Å². The Hall–Kier alpha value is -1.44. The first-order chi connectivity index (χ1) is 8.21. The van der Waals surface area contributed by atoms with E-state index in [2.05, 4.69) is 26.8 Å². The fraction of sp³-hybridized carbons (Fsp3) is 0.500. The number of ketones is 2. The number of aryl methyl sites for hydroxylation is 1. The minimum absolute atomic E-state index is 0.0311. The standard InChI is InChI=1S/C16H22O2/c1-11-6-8-13(16(3,4)5)10-14(11)15(18)9-7-12(2)17/h6,8,10H,7,9H2,1-5H3. The maximum atomic E-state index is 12.1. The van der Waals surface area contributed by atoms with Crippen molar-refractivity contribution >= 4 is 11.6 Å². The molecule has 18 heavy (non-hydrogen) atoms. The average molecular weight is 246 g/mol. The van der Waals surface area contributed by atoms with Crippen LogP contribution in [0.1, 0.15) is 62.0 Å². The maximum Gasteiger partial charge on any atom is 0.163 e. The van der Waals surface area contributed by atoms with E-state index in [-0.39, 0.29) is 17.0 Å². The van der Waals surface area contributed by atoms with Crippen LogP contribution in [0.5, 0.6) is 0 Å². The van der Waals surface area contributed by atoms with Crippen molar-refractivity contribution in [2.45, 2.75) is 52.9 Å². The molecule has 0 spiro atoms. The highest BCUT2D eigenvalue weighted by molar-refractivity contribution is 5.99. The van der Waals surface area contributed by atoms with Gasteiger partial charge in [-0.2, -0.15) is 0 Å². The molecular weight excluding hydrogens is 224 g/mol. The second-order valence-corrected chi connectivity index (χ2v) is 5.90. The lowest BCUT2D eigenvalue weighted by molar-refractivity contribution is -0.116.